The first-order valence-electron chi connectivity index (χ1n) is 13.1. The summed E-state index contributed by atoms with van der Waals surface area (Å²) in [5.74, 6) is -9.59. The average molecular weight is 551 g/mol. The number of nitrogens with two attached hydrogens (primary N) is 2. The molecule has 2 aromatic carbocycles. The van der Waals surface area contributed by atoms with E-state index in [4.69, 9.17) is 11.5 Å². The van der Waals surface area contributed by atoms with Crippen molar-refractivity contribution < 1.29 is 34.5 Å². The highest BCUT2D eigenvalue weighted by molar-refractivity contribution is 6.26. The van der Waals surface area contributed by atoms with Gasteiger partial charge in [0.1, 0.15) is 11.7 Å². The van der Waals surface area contributed by atoms with Gasteiger partial charge in [0, 0.05) is 31.7 Å². The maximum Gasteiger partial charge on any atom is 0.230 e. The zero-order valence-electron chi connectivity index (χ0n) is 22.8. The number of amides is 1. The molecule has 0 saturated heterocycles. The molecule has 0 heterocycles. The number of fused-ring (bicyclic) bond motifs is 3. The number of aromatic hydroxyl groups is 1. The highest BCUT2D eigenvalue weighted by Crippen LogP contribution is 2.53. The van der Waals surface area contributed by atoms with E-state index in [0.717, 1.165) is 11.3 Å². The number of primary amides is 1. The number of phenolic OH excluding ortho intramolecular Hbond substituents is 1. The van der Waals surface area contributed by atoms with Crippen molar-refractivity contribution in [3.05, 3.63) is 41.5 Å². The molecule has 2 aromatic rings. The number of Topliss-reactive ketones (excluding diaryl/α,β-unsaturated/α-hetero) is 3. The number of carbonyl (C=O) groups excluding carboxylic acids is 4. The number of phenols is 1. The molecule has 11 heteroatoms. The Hall–Kier alpha value is -3.80. The number of carbonyl (C=O) groups is 4. The van der Waals surface area contributed by atoms with Gasteiger partial charge in [-0.3, -0.25) is 19.2 Å². The molecule has 3 aliphatic carbocycles. The predicted molar refractivity (Wildman–Crippen MR) is 147 cm³/mol. The molecule has 5 rings (SSSR count). The highest BCUT2D eigenvalue weighted by atomic mass is 16.3. The summed E-state index contributed by atoms with van der Waals surface area (Å²) in [7, 11) is 7.04. The molecule has 11 nitrogen and oxygen atoms in total. The van der Waals surface area contributed by atoms with Gasteiger partial charge in [-0.2, -0.15) is 0 Å². The first kappa shape index (κ1) is 27.8. The number of ketones is 3. The number of likely N-dealkylation sites (N-methyl/N-ethyl adjacent to an activating group) is 1. The van der Waals surface area contributed by atoms with E-state index in [9.17, 15) is 34.5 Å². The summed E-state index contributed by atoms with van der Waals surface area (Å²) in [6.45, 7) is 0. The summed E-state index contributed by atoms with van der Waals surface area (Å²) in [6, 6.07) is 8.22. The lowest BCUT2D eigenvalue weighted by atomic mass is 9.52. The molecule has 0 aliphatic heterocycles. The summed E-state index contributed by atoms with van der Waals surface area (Å²) in [6.07, 6.45) is -1.32. The lowest BCUT2D eigenvalue weighted by Crippen LogP contribution is -2.75. The maximum atomic E-state index is 14.0. The van der Waals surface area contributed by atoms with Crippen molar-refractivity contribution in [2.24, 2.45) is 29.4 Å². The third kappa shape index (κ3) is 3.75. The van der Waals surface area contributed by atoms with Crippen LogP contribution in [0.4, 0.5) is 11.4 Å². The van der Waals surface area contributed by atoms with Crippen LogP contribution in [-0.4, -0.2) is 89.4 Å². The average Bonchev–Trinajstić information content (AvgIpc) is 2.88. The van der Waals surface area contributed by atoms with Crippen molar-refractivity contribution in [2.75, 3.05) is 38.8 Å². The van der Waals surface area contributed by atoms with Crippen LogP contribution < -0.4 is 16.4 Å². The van der Waals surface area contributed by atoms with Crippen LogP contribution in [0, 0.1) is 23.7 Å². The lowest BCUT2D eigenvalue weighted by molar-refractivity contribution is -0.190. The van der Waals surface area contributed by atoms with Gasteiger partial charge in [0.25, 0.3) is 0 Å². The zero-order chi connectivity index (χ0) is 29.4. The summed E-state index contributed by atoms with van der Waals surface area (Å²) >= 11 is 0. The van der Waals surface area contributed by atoms with Crippen LogP contribution in [0.2, 0.25) is 0 Å². The third-order valence-electron chi connectivity index (χ3n) is 9.01. The largest absolute Gasteiger partial charge is 0.505 e. The Morgan fingerprint density at radius 1 is 1.05 bits per heavy atom. The van der Waals surface area contributed by atoms with Crippen LogP contribution in [-0.2, 0) is 20.8 Å². The van der Waals surface area contributed by atoms with Crippen LogP contribution in [0.1, 0.15) is 22.3 Å². The molecule has 40 heavy (non-hydrogen) atoms. The molecule has 0 aromatic heterocycles. The fourth-order valence-electron chi connectivity index (χ4n) is 7.11. The minimum absolute atomic E-state index is 0.0410. The molecule has 7 N–H and O–H groups in total. The number of nitrogens with zero attached hydrogens (tertiary/aromatic N) is 2. The standard InChI is InChI=1S/C29H34N4O7/c1-32(2)14-7-5-12(6-8-14)15-11-18(30)23(34)20-16(15)9-13-10-17-22(33(3)4)25(36)21(28(31)39)27(38)29(17,40)26(37)19(13)24(20)35/h5-8,11,13,17,19,21-22,25,34,36,40H,9-10,30H2,1-4H3,(H2,31,39)/t13-,17-,19?,21?,22?,25?,29-/m1/s1. The number of hydrogen-bond acceptors (Lipinski definition) is 10. The van der Waals surface area contributed by atoms with Crippen LogP contribution in [0.3, 0.4) is 0 Å². The van der Waals surface area contributed by atoms with E-state index in [2.05, 4.69) is 0 Å². The first-order chi connectivity index (χ1) is 18.7. The maximum absolute atomic E-state index is 14.0. The zero-order valence-corrected chi connectivity index (χ0v) is 22.8. The molecule has 0 spiro atoms. The number of nitrogen functional groups attached to an aromatic ring is 1. The number of hydrogen-bond donors (Lipinski definition) is 5. The summed E-state index contributed by atoms with van der Waals surface area (Å²) in [5, 5.41) is 33.6. The van der Waals surface area contributed by atoms with Crippen LogP contribution in [0.15, 0.2) is 30.3 Å². The van der Waals surface area contributed by atoms with Crippen molar-refractivity contribution in [3.8, 4) is 16.9 Å². The van der Waals surface area contributed by atoms with Gasteiger partial charge in [-0.15, -0.1) is 0 Å². The predicted octanol–water partition coefficient (Wildman–Crippen LogP) is -0.0260. The van der Waals surface area contributed by atoms with Crippen molar-refractivity contribution >= 4 is 34.6 Å². The third-order valence-corrected chi connectivity index (χ3v) is 9.01. The molecule has 2 saturated carbocycles. The molecule has 0 bridgehead atoms. The van der Waals surface area contributed by atoms with Gasteiger partial charge in [0.2, 0.25) is 5.91 Å². The Morgan fingerprint density at radius 2 is 1.68 bits per heavy atom. The van der Waals surface area contributed by atoms with Gasteiger partial charge in [0.05, 0.1) is 23.3 Å². The molecular formula is C29H34N4O7. The molecule has 1 amide bonds. The van der Waals surface area contributed by atoms with Gasteiger partial charge >= 0.3 is 0 Å². The smallest absolute Gasteiger partial charge is 0.230 e. The van der Waals surface area contributed by atoms with E-state index >= 15 is 0 Å². The van der Waals surface area contributed by atoms with E-state index in [1.807, 2.05) is 43.3 Å². The molecule has 2 fully saturated rings. The minimum atomic E-state index is -2.71. The first-order valence-corrected chi connectivity index (χ1v) is 13.1. The lowest BCUT2D eigenvalue weighted by Gasteiger charge is -2.54. The van der Waals surface area contributed by atoms with Gasteiger partial charge in [-0.1, -0.05) is 12.1 Å². The van der Waals surface area contributed by atoms with E-state index in [1.54, 1.807) is 25.1 Å². The quantitative estimate of drug-likeness (QED) is 0.197. The second-order valence-electron chi connectivity index (χ2n) is 11.6. The minimum Gasteiger partial charge on any atom is -0.505 e. The monoisotopic (exact) mass is 550 g/mol. The summed E-state index contributed by atoms with van der Waals surface area (Å²) < 4.78 is 0. The van der Waals surface area contributed by atoms with Crippen molar-refractivity contribution in [1.82, 2.24) is 4.90 Å². The Bertz CT molecular complexity index is 1440. The number of aliphatic hydroxyl groups is 2. The number of rotatable bonds is 4. The Morgan fingerprint density at radius 3 is 2.23 bits per heavy atom. The van der Waals surface area contributed by atoms with E-state index in [1.165, 1.54) is 0 Å². The molecule has 3 aliphatic rings. The normalized spacial score (nSPS) is 31.4. The topological polar surface area (TPSA) is 187 Å². The van der Waals surface area contributed by atoms with E-state index in [-0.39, 0.29) is 24.1 Å². The molecule has 0 radical (unpaired) electrons. The number of aliphatic hydroxyl groups excluding tert-OH is 1. The number of benzene rings is 2. The SMILES string of the molecule is CN(C)c1ccc(-c2cc(N)c(O)c3c2C[C@@H]2C[C@@H]4C(N(C)C)C(O)C(C(N)=O)C(=O)[C@]4(O)C(=O)C2C3=O)cc1. The van der Waals surface area contributed by atoms with Gasteiger partial charge in [-0.05, 0) is 67.7 Å². The fraction of sp³-hybridized carbons (Fsp3) is 0.448. The van der Waals surface area contributed by atoms with Gasteiger partial charge in [-0.25, -0.2) is 0 Å². The summed E-state index contributed by atoms with van der Waals surface area (Å²) in [4.78, 5) is 57.1. The van der Waals surface area contributed by atoms with Gasteiger partial charge < -0.3 is 36.6 Å². The van der Waals surface area contributed by atoms with Gasteiger partial charge in [0.15, 0.2) is 23.0 Å². The van der Waals surface area contributed by atoms with Crippen molar-refractivity contribution in [1.29, 1.82) is 0 Å². The highest BCUT2D eigenvalue weighted by Gasteiger charge is 2.69. The molecule has 7 atom stereocenters. The van der Waals surface area contributed by atoms with Crippen LogP contribution >= 0.6 is 0 Å². The van der Waals surface area contributed by atoms with Crippen molar-refractivity contribution in [2.45, 2.75) is 30.6 Å². The Kier molecular flexibility index (Phi) is 6.52. The second kappa shape index (κ2) is 9.39. The molecule has 212 valence electrons. The van der Waals surface area contributed by atoms with E-state index in [0.29, 0.717) is 11.1 Å². The Balaban J connectivity index is 1.65. The second-order valence-corrected chi connectivity index (χ2v) is 11.6. The summed E-state index contributed by atoms with van der Waals surface area (Å²) in [5.41, 5.74) is 11.5. The number of anilines is 2. The van der Waals surface area contributed by atoms with E-state index < -0.39 is 70.4 Å². The van der Waals surface area contributed by atoms with Crippen LogP contribution in [0.5, 0.6) is 5.75 Å². The Labute approximate surface area is 231 Å². The molecular weight excluding hydrogens is 516 g/mol. The molecule has 4 unspecified atom stereocenters. The fourth-order valence-corrected chi connectivity index (χ4v) is 7.11. The van der Waals surface area contributed by atoms with Crippen molar-refractivity contribution in [3.63, 3.8) is 0 Å². The van der Waals surface area contributed by atoms with Crippen LogP contribution in [0.25, 0.3) is 11.1 Å².